The molecule has 1 aliphatic heterocycles. The first-order valence-corrected chi connectivity index (χ1v) is 9.93. The summed E-state index contributed by atoms with van der Waals surface area (Å²) in [6.07, 6.45) is -1.15. The third-order valence-electron chi connectivity index (χ3n) is 5.08. The Hall–Kier alpha value is -3.59. The van der Waals surface area contributed by atoms with Gasteiger partial charge in [-0.15, -0.1) is 13.2 Å². The number of carbonyl (C=O) groups excluding carboxylic acids is 1. The fourth-order valence-electron chi connectivity index (χ4n) is 3.61. The molecule has 1 aliphatic rings. The molecule has 2 N–H and O–H groups in total. The number of β-amino-alcohol motifs (C(OH)–C–C–N with tert-alkyl or cyclic N) is 1. The number of hydrogen-bond donors (Lipinski definition) is 2. The zero-order valence-corrected chi connectivity index (χ0v) is 16.8. The summed E-state index contributed by atoms with van der Waals surface area (Å²) in [5.74, 6) is -0.779. The summed E-state index contributed by atoms with van der Waals surface area (Å²) in [6.45, 7) is 1.21. The second kappa shape index (κ2) is 8.88. The number of nitrogens with one attached hydrogen (secondary N) is 1. The molecule has 0 radical (unpaired) electrons. The van der Waals surface area contributed by atoms with Crippen molar-refractivity contribution in [2.45, 2.75) is 18.9 Å². The van der Waals surface area contributed by atoms with Crippen LogP contribution in [-0.4, -0.2) is 41.6 Å². The van der Waals surface area contributed by atoms with Crippen molar-refractivity contribution in [1.29, 1.82) is 0 Å². The number of aromatic nitrogens is 1. The topological polar surface area (TPSA) is 74.7 Å². The second-order valence-corrected chi connectivity index (χ2v) is 7.39. The lowest BCUT2D eigenvalue weighted by atomic mass is 10.0. The number of nitrogens with zero attached hydrogens (tertiary/aromatic N) is 2. The predicted molar refractivity (Wildman–Crippen MR) is 114 cm³/mol. The molecule has 0 spiro atoms. The first kappa shape index (κ1) is 21.6. The van der Waals surface area contributed by atoms with Crippen molar-refractivity contribution in [1.82, 2.24) is 4.98 Å². The molecule has 0 aliphatic carbocycles. The number of ether oxygens (including phenoxy) is 1. The highest BCUT2D eigenvalue weighted by atomic mass is 19.4. The van der Waals surface area contributed by atoms with Gasteiger partial charge in [-0.3, -0.25) is 9.78 Å². The van der Waals surface area contributed by atoms with Gasteiger partial charge >= 0.3 is 6.36 Å². The van der Waals surface area contributed by atoms with E-state index in [0.29, 0.717) is 30.8 Å². The summed E-state index contributed by atoms with van der Waals surface area (Å²) in [5, 5.41) is 12.6. The molecule has 9 heteroatoms. The van der Waals surface area contributed by atoms with E-state index in [1.54, 1.807) is 30.6 Å². The molecule has 166 valence electrons. The molecule has 1 saturated heterocycles. The molecule has 1 atom stereocenters. The molecule has 6 nitrogen and oxygen atoms in total. The van der Waals surface area contributed by atoms with Crippen molar-refractivity contribution in [3.05, 3.63) is 72.6 Å². The minimum absolute atomic E-state index is 0.333. The van der Waals surface area contributed by atoms with Gasteiger partial charge in [-0.1, -0.05) is 6.07 Å². The summed E-state index contributed by atoms with van der Waals surface area (Å²) >= 11 is 0. The Balaban J connectivity index is 1.57. The van der Waals surface area contributed by atoms with Gasteiger partial charge in [0.1, 0.15) is 5.75 Å². The highest BCUT2D eigenvalue weighted by Crippen LogP contribution is 2.34. The molecule has 1 aromatic heterocycles. The van der Waals surface area contributed by atoms with Crippen LogP contribution in [0, 0.1) is 0 Å². The number of benzene rings is 2. The standard InChI is InChI=1S/C23H20F3N3O3/c24-23(25,26)32-19-6-4-17(5-7-19)28-22(31)15-3-8-21(29-11-9-18(30)14-29)20(12-15)16-2-1-10-27-13-16/h1-8,10,12-13,18,30H,9,11,14H2,(H,28,31). The zero-order chi connectivity index (χ0) is 22.7. The predicted octanol–water partition coefficient (Wildman–Crippen LogP) is 4.47. The van der Waals surface area contributed by atoms with Crippen LogP contribution in [0.1, 0.15) is 16.8 Å². The summed E-state index contributed by atoms with van der Waals surface area (Å²) in [4.78, 5) is 19.0. The Morgan fingerprint density at radius 1 is 1.16 bits per heavy atom. The maximum atomic E-state index is 12.8. The quantitative estimate of drug-likeness (QED) is 0.609. The highest BCUT2D eigenvalue weighted by molar-refractivity contribution is 6.05. The lowest BCUT2D eigenvalue weighted by molar-refractivity contribution is -0.274. The van der Waals surface area contributed by atoms with Crippen molar-refractivity contribution in [3.63, 3.8) is 0 Å². The van der Waals surface area contributed by atoms with Crippen LogP contribution in [0.4, 0.5) is 24.5 Å². The van der Waals surface area contributed by atoms with Crippen LogP contribution in [0.15, 0.2) is 67.0 Å². The van der Waals surface area contributed by atoms with E-state index >= 15 is 0 Å². The van der Waals surface area contributed by atoms with Gasteiger partial charge in [-0.2, -0.15) is 0 Å². The number of amides is 1. The van der Waals surface area contributed by atoms with Crippen molar-refractivity contribution in [3.8, 4) is 16.9 Å². The van der Waals surface area contributed by atoms with E-state index in [4.69, 9.17) is 0 Å². The van der Waals surface area contributed by atoms with Gasteiger partial charge in [-0.05, 0) is 55.0 Å². The van der Waals surface area contributed by atoms with Crippen molar-refractivity contribution >= 4 is 17.3 Å². The fourth-order valence-corrected chi connectivity index (χ4v) is 3.61. The molecule has 2 heterocycles. The highest BCUT2D eigenvalue weighted by Gasteiger charge is 2.31. The van der Waals surface area contributed by atoms with Gasteiger partial charge in [0.25, 0.3) is 5.91 Å². The van der Waals surface area contributed by atoms with Crippen LogP contribution in [0.25, 0.3) is 11.1 Å². The van der Waals surface area contributed by atoms with Crippen LogP contribution in [0.3, 0.4) is 0 Å². The minimum Gasteiger partial charge on any atom is -0.406 e. The summed E-state index contributed by atoms with van der Waals surface area (Å²) in [5.41, 5.74) is 3.22. The van der Waals surface area contributed by atoms with Crippen LogP contribution >= 0.6 is 0 Å². The number of aliphatic hydroxyl groups excluding tert-OH is 1. The molecule has 2 aromatic carbocycles. The smallest absolute Gasteiger partial charge is 0.406 e. The zero-order valence-electron chi connectivity index (χ0n) is 16.8. The molecule has 1 fully saturated rings. The molecule has 4 rings (SSSR count). The first-order chi connectivity index (χ1) is 15.3. The summed E-state index contributed by atoms with van der Waals surface area (Å²) in [6, 6.07) is 13.9. The van der Waals surface area contributed by atoms with Gasteiger partial charge in [-0.25, -0.2) is 0 Å². The Kier molecular flexibility index (Phi) is 6.00. The Labute approximate surface area is 182 Å². The number of pyridine rings is 1. The minimum atomic E-state index is -4.78. The Morgan fingerprint density at radius 2 is 1.94 bits per heavy atom. The van der Waals surface area contributed by atoms with E-state index in [-0.39, 0.29) is 5.75 Å². The fraction of sp³-hybridized carbons (Fsp3) is 0.217. The Morgan fingerprint density at radius 3 is 2.56 bits per heavy atom. The van der Waals surface area contributed by atoms with Crippen LogP contribution < -0.4 is 15.0 Å². The average Bonchev–Trinajstić information content (AvgIpc) is 3.20. The van der Waals surface area contributed by atoms with E-state index in [0.717, 1.165) is 28.9 Å². The monoisotopic (exact) mass is 443 g/mol. The van der Waals surface area contributed by atoms with E-state index in [1.165, 1.54) is 12.1 Å². The number of aliphatic hydroxyl groups is 1. The number of rotatable bonds is 5. The molecule has 1 amide bonds. The first-order valence-electron chi connectivity index (χ1n) is 9.93. The second-order valence-electron chi connectivity index (χ2n) is 7.39. The maximum absolute atomic E-state index is 12.8. The number of hydrogen-bond acceptors (Lipinski definition) is 5. The van der Waals surface area contributed by atoms with Gasteiger partial charge < -0.3 is 20.1 Å². The number of carbonyl (C=O) groups is 1. The van der Waals surface area contributed by atoms with Crippen molar-refractivity contribution < 1.29 is 27.8 Å². The third-order valence-corrected chi connectivity index (χ3v) is 5.08. The lowest BCUT2D eigenvalue weighted by Gasteiger charge is -2.22. The molecule has 3 aromatic rings. The van der Waals surface area contributed by atoms with Gasteiger partial charge in [0.2, 0.25) is 0 Å². The normalized spacial score (nSPS) is 16.1. The number of alkyl halides is 3. The van der Waals surface area contributed by atoms with Crippen LogP contribution in [0.2, 0.25) is 0 Å². The number of anilines is 2. The van der Waals surface area contributed by atoms with Crippen LogP contribution in [0.5, 0.6) is 5.75 Å². The maximum Gasteiger partial charge on any atom is 0.573 e. The van der Waals surface area contributed by atoms with E-state index in [2.05, 4.69) is 19.9 Å². The third kappa shape index (κ3) is 5.17. The van der Waals surface area contributed by atoms with E-state index in [1.807, 2.05) is 12.1 Å². The van der Waals surface area contributed by atoms with Gasteiger partial charge in [0, 0.05) is 53.5 Å². The van der Waals surface area contributed by atoms with Gasteiger partial charge in [0.15, 0.2) is 0 Å². The molecule has 1 unspecified atom stereocenters. The molecular formula is C23H20F3N3O3. The van der Waals surface area contributed by atoms with Gasteiger partial charge in [0.05, 0.1) is 6.10 Å². The molecular weight excluding hydrogens is 423 g/mol. The Bertz CT molecular complexity index is 1090. The molecule has 32 heavy (non-hydrogen) atoms. The van der Waals surface area contributed by atoms with E-state index < -0.39 is 18.4 Å². The lowest BCUT2D eigenvalue weighted by Crippen LogP contribution is -2.22. The van der Waals surface area contributed by atoms with Crippen molar-refractivity contribution in [2.24, 2.45) is 0 Å². The van der Waals surface area contributed by atoms with Crippen LogP contribution in [-0.2, 0) is 0 Å². The molecule has 0 bridgehead atoms. The SMILES string of the molecule is O=C(Nc1ccc(OC(F)(F)F)cc1)c1ccc(N2CCC(O)C2)c(-c2cccnc2)c1. The average molecular weight is 443 g/mol. The number of halogens is 3. The van der Waals surface area contributed by atoms with E-state index in [9.17, 15) is 23.1 Å². The summed E-state index contributed by atoms with van der Waals surface area (Å²) in [7, 11) is 0. The largest absolute Gasteiger partial charge is 0.573 e. The van der Waals surface area contributed by atoms with Crippen molar-refractivity contribution in [2.75, 3.05) is 23.3 Å². The molecule has 0 saturated carbocycles. The summed E-state index contributed by atoms with van der Waals surface area (Å²) < 4.78 is 40.7.